The summed E-state index contributed by atoms with van der Waals surface area (Å²) in [5.74, 6) is -1.65. The lowest BCUT2D eigenvalue weighted by Gasteiger charge is -2.42. The van der Waals surface area contributed by atoms with E-state index in [-0.39, 0.29) is 40.1 Å². The normalized spacial score (nSPS) is 15.5. The molecule has 0 aliphatic heterocycles. The molecule has 0 atom stereocenters. The van der Waals surface area contributed by atoms with Gasteiger partial charge in [-0.1, -0.05) is 58.0 Å². The van der Waals surface area contributed by atoms with Crippen molar-refractivity contribution < 1.29 is 23.6 Å². The van der Waals surface area contributed by atoms with Crippen LogP contribution in [0.1, 0.15) is 84.9 Å². The molecular weight excluding hydrogens is 473 g/mol. The molecule has 0 bridgehead atoms. The monoisotopic (exact) mass is 503 g/mol. The molecule has 3 aromatic carbocycles. The first-order valence-corrected chi connectivity index (χ1v) is 12.3. The molecule has 37 heavy (non-hydrogen) atoms. The van der Waals surface area contributed by atoms with Gasteiger partial charge in [-0.15, -0.1) is 0 Å². The molecule has 1 aliphatic rings. The Hall–Kier alpha value is -3.87. The van der Waals surface area contributed by atoms with Crippen molar-refractivity contribution >= 4 is 17.4 Å². The topological polar surface area (TPSA) is 86.5 Å². The summed E-state index contributed by atoms with van der Waals surface area (Å²) in [6, 6.07) is 13.4. The van der Waals surface area contributed by atoms with E-state index in [2.05, 4.69) is 0 Å². The Kier molecular flexibility index (Phi) is 6.76. The minimum atomic E-state index is -0.648. The Labute approximate surface area is 215 Å². The molecule has 0 saturated heterocycles. The zero-order chi connectivity index (χ0) is 27.1. The van der Waals surface area contributed by atoms with Crippen molar-refractivity contribution in [3.8, 4) is 11.1 Å². The minimum absolute atomic E-state index is 0.00248. The summed E-state index contributed by atoms with van der Waals surface area (Å²) in [6.07, 6.45) is 1.50. The molecular formula is C30H30FNO5. The number of ketones is 1. The summed E-state index contributed by atoms with van der Waals surface area (Å²) in [5.41, 5.74) is 0.623. The number of ether oxygens (including phenoxy) is 1. The van der Waals surface area contributed by atoms with Crippen LogP contribution in [0.15, 0.2) is 54.6 Å². The Morgan fingerprint density at radius 1 is 0.973 bits per heavy atom. The third-order valence-corrected chi connectivity index (χ3v) is 7.31. The predicted octanol–water partition coefficient (Wildman–Crippen LogP) is 7.16. The number of hydrogen-bond donors (Lipinski definition) is 0. The Balaban J connectivity index is 2.04. The highest BCUT2D eigenvalue weighted by molar-refractivity contribution is 6.15. The van der Waals surface area contributed by atoms with E-state index >= 15 is 4.39 Å². The highest BCUT2D eigenvalue weighted by atomic mass is 19.1. The Morgan fingerprint density at radius 3 is 2.16 bits per heavy atom. The fourth-order valence-electron chi connectivity index (χ4n) is 5.20. The number of carbonyl (C=O) groups is 2. The third-order valence-electron chi connectivity index (χ3n) is 7.31. The second-order valence-corrected chi connectivity index (χ2v) is 10.7. The molecule has 0 heterocycles. The number of hydrogen-bond acceptors (Lipinski definition) is 5. The van der Waals surface area contributed by atoms with Crippen molar-refractivity contribution in [3.63, 3.8) is 0 Å². The van der Waals surface area contributed by atoms with Crippen molar-refractivity contribution in [2.45, 2.75) is 58.3 Å². The van der Waals surface area contributed by atoms with Crippen LogP contribution in [0.3, 0.4) is 0 Å². The summed E-state index contributed by atoms with van der Waals surface area (Å²) < 4.78 is 20.2. The third kappa shape index (κ3) is 4.66. The average molecular weight is 504 g/mol. The molecule has 4 rings (SSSR count). The van der Waals surface area contributed by atoms with E-state index in [9.17, 15) is 19.7 Å². The molecule has 3 aromatic rings. The van der Waals surface area contributed by atoms with Gasteiger partial charge in [-0.05, 0) is 60.4 Å². The molecule has 1 aliphatic carbocycles. The molecule has 0 saturated carbocycles. The van der Waals surface area contributed by atoms with E-state index in [1.165, 1.54) is 42.5 Å². The SMILES string of the molecule is CCOC(=O)c1ccc(C(=O)c2cc3c(c([N+](=O)[O-])c2-c2ccccc2F)C(C)(C)CCC3(C)C)cc1. The number of benzene rings is 3. The summed E-state index contributed by atoms with van der Waals surface area (Å²) in [5, 5.41) is 12.7. The molecule has 0 aromatic heterocycles. The van der Waals surface area contributed by atoms with Crippen molar-refractivity contribution in [1.29, 1.82) is 0 Å². The van der Waals surface area contributed by atoms with Crippen molar-refractivity contribution in [1.82, 2.24) is 0 Å². The van der Waals surface area contributed by atoms with Gasteiger partial charge in [0.05, 0.1) is 22.7 Å². The molecule has 6 nitrogen and oxygen atoms in total. The zero-order valence-electron chi connectivity index (χ0n) is 21.7. The number of nitro benzene ring substituents is 1. The van der Waals surface area contributed by atoms with Gasteiger partial charge in [0.25, 0.3) is 5.69 Å². The average Bonchev–Trinajstić information content (AvgIpc) is 2.86. The summed E-state index contributed by atoms with van der Waals surface area (Å²) in [4.78, 5) is 38.2. The molecule has 0 fully saturated rings. The lowest BCUT2D eigenvalue weighted by atomic mass is 9.61. The summed E-state index contributed by atoms with van der Waals surface area (Å²) in [6.45, 7) is 9.85. The van der Waals surface area contributed by atoms with Crippen LogP contribution in [0.2, 0.25) is 0 Å². The predicted molar refractivity (Wildman–Crippen MR) is 140 cm³/mol. The van der Waals surface area contributed by atoms with Crippen molar-refractivity contribution in [2.24, 2.45) is 0 Å². The van der Waals surface area contributed by atoms with E-state index in [0.29, 0.717) is 12.0 Å². The van der Waals surface area contributed by atoms with E-state index in [4.69, 9.17) is 4.74 Å². The maximum Gasteiger partial charge on any atom is 0.338 e. The fourth-order valence-corrected chi connectivity index (χ4v) is 5.20. The molecule has 192 valence electrons. The van der Waals surface area contributed by atoms with Crippen LogP contribution < -0.4 is 0 Å². The number of carbonyl (C=O) groups excluding carboxylic acids is 2. The standard InChI is InChI=1S/C30H30FNO5/c1-6-37-28(34)19-13-11-18(12-14-19)27(33)21-17-22-25(30(4,5)16-15-29(22,2)3)26(32(35)36)24(21)20-9-7-8-10-23(20)31/h7-14,17H,6,15-16H2,1-5H3. The first kappa shape index (κ1) is 26.2. The van der Waals surface area contributed by atoms with Crippen LogP contribution >= 0.6 is 0 Å². The van der Waals surface area contributed by atoms with Crippen molar-refractivity contribution in [3.05, 3.63) is 98.3 Å². The van der Waals surface area contributed by atoms with Crippen LogP contribution in [0.5, 0.6) is 0 Å². The summed E-state index contributed by atoms with van der Waals surface area (Å²) >= 11 is 0. The van der Waals surface area contributed by atoms with Gasteiger partial charge in [0.1, 0.15) is 5.82 Å². The second kappa shape index (κ2) is 9.54. The van der Waals surface area contributed by atoms with Crippen LogP contribution in [-0.4, -0.2) is 23.3 Å². The second-order valence-electron chi connectivity index (χ2n) is 10.7. The van der Waals surface area contributed by atoms with E-state index < -0.39 is 33.3 Å². The molecule has 7 heteroatoms. The fraction of sp³-hybridized carbons (Fsp3) is 0.333. The number of rotatable bonds is 6. The molecule has 0 radical (unpaired) electrons. The van der Waals surface area contributed by atoms with Crippen LogP contribution in [-0.2, 0) is 15.6 Å². The molecule has 0 spiro atoms. The number of nitrogens with zero attached hydrogens (tertiary/aromatic N) is 1. The Morgan fingerprint density at radius 2 is 1.57 bits per heavy atom. The van der Waals surface area contributed by atoms with E-state index in [0.717, 1.165) is 12.0 Å². The Bertz CT molecular complexity index is 1410. The lowest BCUT2D eigenvalue weighted by Crippen LogP contribution is -2.35. The number of esters is 1. The van der Waals surface area contributed by atoms with Gasteiger partial charge in [0.15, 0.2) is 5.78 Å². The quantitative estimate of drug-likeness (QED) is 0.154. The maximum absolute atomic E-state index is 15.2. The van der Waals surface area contributed by atoms with Gasteiger partial charge in [-0.2, -0.15) is 0 Å². The zero-order valence-corrected chi connectivity index (χ0v) is 21.7. The first-order chi connectivity index (χ1) is 17.4. The summed E-state index contributed by atoms with van der Waals surface area (Å²) in [7, 11) is 0. The smallest absolute Gasteiger partial charge is 0.338 e. The number of halogens is 1. The van der Waals surface area contributed by atoms with Crippen LogP contribution in [0.4, 0.5) is 10.1 Å². The number of nitro groups is 1. The highest BCUT2D eigenvalue weighted by Crippen LogP contribution is 2.53. The van der Waals surface area contributed by atoms with Gasteiger partial charge in [0.2, 0.25) is 0 Å². The van der Waals surface area contributed by atoms with E-state index in [1.807, 2.05) is 27.7 Å². The van der Waals surface area contributed by atoms with Gasteiger partial charge in [0, 0.05) is 22.3 Å². The maximum atomic E-state index is 15.2. The van der Waals surface area contributed by atoms with Crippen LogP contribution in [0, 0.1) is 15.9 Å². The largest absolute Gasteiger partial charge is 0.462 e. The van der Waals surface area contributed by atoms with E-state index in [1.54, 1.807) is 19.1 Å². The molecule has 0 N–H and O–H groups in total. The molecule has 0 unspecified atom stereocenters. The lowest BCUT2D eigenvalue weighted by molar-refractivity contribution is -0.385. The molecule has 0 amide bonds. The van der Waals surface area contributed by atoms with Crippen molar-refractivity contribution in [2.75, 3.05) is 6.61 Å². The number of fused-ring (bicyclic) bond motifs is 1. The van der Waals surface area contributed by atoms with Gasteiger partial charge < -0.3 is 4.74 Å². The minimum Gasteiger partial charge on any atom is -0.462 e. The van der Waals surface area contributed by atoms with Gasteiger partial charge in [-0.3, -0.25) is 14.9 Å². The van der Waals surface area contributed by atoms with Crippen LogP contribution in [0.25, 0.3) is 11.1 Å². The highest BCUT2D eigenvalue weighted by Gasteiger charge is 2.45. The first-order valence-electron chi connectivity index (χ1n) is 12.3. The van der Waals surface area contributed by atoms with Gasteiger partial charge >= 0.3 is 5.97 Å². The van der Waals surface area contributed by atoms with Gasteiger partial charge in [-0.25, -0.2) is 9.18 Å².